The van der Waals surface area contributed by atoms with Gasteiger partial charge in [0, 0.05) is 28.5 Å². The molecule has 1 aromatic carbocycles. The molecule has 0 aliphatic rings. The molecule has 2 atom stereocenters. The van der Waals surface area contributed by atoms with Crippen LogP contribution in [-0.2, 0) is 10.8 Å². The van der Waals surface area contributed by atoms with Gasteiger partial charge in [0.1, 0.15) is 18.5 Å². The molecule has 0 radical (unpaired) electrons. The SMILES string of the molecule is C#C.CS(=O)c1ccc(OC[C@H](F)CN)cc1. The van der Waals surface area contributed by atoms with Crippen LogP contribution in [0.15, 0.2) is 29.2 Å². The summed E-state index contributed by atoms with van der Waals surface area (Å²) in [4.78, 5) is 0.720. The van der Waals surface area contributed by atoms with E-state index in [2.05, 4.69) is 12.8 Å². The Labute approximate surface area is 104 Å². The molecule has 0 heterocycles. The summed E-state index contributed by atoms with van der Waals surface area (Å²) in [6, 6.07) is 6.72. The topological polar surface area (TPSA) is 52.3 Å². The predicted octanol–water partition coefficient (Wildman–Crippen LogP) is 1.35. The van der Waals surface area contributed by atoms with Crippen LogP contribution in [0.25, 0.3) is 0 Å². The lowest BCUT2D eigenvalue weighted by atomic mass is 10.3. The Hall–Kier alpha value is -1.38. The first-order chi connectivity index (χ1) is 8.13. The molecule has 2 N–H and O–H groups in total. The van der Waals surface area contributed by atoms with Gasteiger partial charge in [0.05, 0.1) is 0 Å². The van der Waals surface area contributed by atoms with Crippen LogP contribution in [0.2, 0.25) is 0 Å². The average molecular weight is 257 g/mol. The van der Waals surface area contributed by atoms with Gasteiger partial charge >= 0.3 is 0 Å². The summed E-state index contributed by atoms with van der Waals surface area (Å²) in [5, 5.41) is 0. The summed E-state index contributed by atoms with van der Waals surface area (Å²) in [7, 11) is -1.00. The molecule has 0 spiro atoms. The summed E-state index contributed by atoms with van der Waals surface area (Å²) < 4.78 is 28.9. The zero-order valence-corrected chi connectivity index (χ0v) is 10.5. The molecule has 1 aromatic rings. The van der Waals surface area contributed by atoms with E-state index in [0.717, 1.165) is 4.90 Å². The first-order valence-corrected chi connectivity index (χ1v) is 6.43. The highest BCUT2D eigenvalue weighted by Crippen LogP contribution is 2.14. The molecule has 0 aliphatic heterocycles. The standard InChI is InChI=1S/C10H14FNO2S.C2H2/c1-15(13)10-4-2-9(3-5-10)14-7-8(11)6-12;1-2/h2-5,8H,6-7,12H2,1H3;1-2H/t8-,15?;/m1./s1. The fraction of sp³-hybridized carbons (Fsp3) is 0.333. The average Bonchev–Trinajstić information content (AvgIpc) is 2.38. The largest absolute Gasteiger partial charge is 0.491 e. The minimum Gasteiger partial charge on any atom is -0.491 e. The van der Waals surface area contributed by atoms with Gasteiger partial charge in [-0.15, -0.1) is 12.8 Å². The number of halogens is 1. The molecule has 1 rings (SSSR count). The highest BCUT2D eigenvalue weighted by atomic mass is 32.2. The molecule has 0 aliphatic carbocycles. The number of hydrogen-bond acceptors (Lipinski definition) is 3. The van der Waals surface area contributed by atoms with E-state index < -0.39 is 17.0 Å². The van der Waals surface area contributed by atoms with Crippen LogP contribution in [0.1, 0.15) is 0 Å². The second kappa shape index (κ2) is 8.74. The molecule has 0 bridgehead atoms. The van der Waals surface area contributed by atoms with Crippen LogP contribution in [0.4, 0.5) is 4.39 Å². The highest BCUT2D eigenvalue weighted by molar-refractivity contribution is 7.84. The number of rotatable bonds is 5. The molecule has 17 heavy (non-hydrogen) atoms. The molecular formula is C12H16FNO2S. The second-order valence-corrected chi connectivity index (χ2v) is 4.45. The number of ether oxygens (including phenoxy) is 1. The van der Waals surface area contributed by atoms with Crippen LogP contribution in [0.3, 0.4) is 0 Å². The Bertz CT molecular complexity index is 365. The van der Waals surface area contributed by atoms with E-state index in [-0.39, 0.29) is 13.2 Å². The van der Waals surface area contributed by atoms with Crippen molar-refractivity contribution in [2.24, 2.45) is 5.73 Å². The first-order valence-electron chi connectivity index (χ1n) is 4.87. The number of nitrogens with two attached hydrogens (primary N) is 1. The van der Waals surface area contributed by atoms with Gasteiger partial charge in [0.2, 0.25) is 0 Å². The third-order valence-electron chi connectivity index (χ3n) is 1.84. The van der Waals surface area contributed by atoms with Crippen LogP contribution in [0.5, 0.6) is 5.75 Å². The maximum Gasteiger partial charge on any atom is 0.146 e. The highest BCUT2D eigenvalue weighted by Gasteiger charge is 2.04. The molecule has 0 saturated heterocycles. The molecule has 5 heteroatoms. The Morgan fingerprint density at radius 1 is 1.41 bits per heavy atom. The van der Waals surface area contributed by atoms with E-state index in [1.54, 1.807) is 30.5 Å². The van der Waals surface area contributed by atoms with Crippen molar-refractivity contribution in [3.05, 3.63) is 24.3 Å². The zero-order chi connectivity index (χ0) is 13.3. The minimum absolute atomic E-state index is 0.0446. The Kier molecular flexibility index (Phi) is 8.03. The van der Waals surface area contributed by atoms with Crippen molar-refractivity contribution in [2.45, 2.75) is 11.1 Å². The van der Waals surface area contributed by atoms with Gasteiger partial charge in [-0.3, -0.25) is 4.21 Å². The predicted molar refractivity (Wildman–Crippen MR) is 68.1 cm³/mol. The lowest BCUT2D eigenvalue weighted by Gasteiger charge is -2.08. The van der Waals surface area contributed by atoms with Crippen molar-refractivity contribution in [1.29, 1.82) is 0 Å². The Balaban J connectivity index is 0.00000121. The summed E-state index contributed by atoms with van der Waals surface area (Å²) in [6.45, 7) is -0.0951. The molecule has 94 valence electrons. The van der Waals surface area contributed by atoms with Gasteiger partial charge in [-0.25, -0.2) is 4.39 Å². The fourth-order valence-corrected chi connectivity index (χ4v) is 1.50. The summed E-state index contributed by atoms with van der Waals surface area (Å²) in [5.74, 6) is 0.556. The minimum atomic E-state index is -1.15. The van der Waals surface area contributed by atoms with E-state index in [1.807, 2.05) is 0 Å². The van der Waals surface area contributed by atoms with Gasteiger partial charge in [-0.05, 0) is 24.3 Å². The smallest absolute Gasteiger partial charge is 0.146 e. The molecule has 3 nitrogen and oxygen atoms in total. The molecule has 0 amide bonds. The first kappa shape index (κ1) is 15.6. The van der Waals surface area contributed by atoms with Crippen LogP contribution >= 0.6 is 0 Å². The Morgan fingerprint density at radius 2 is 1.94 bits per heavy atom. The monoisotopic (exact) mass is 257 g/mol. The normalized spacial score (nSPS) is 13.0. The van der Waals surface area contributed by atoms with Gasteiger partial charge in [-0.2, -0.15) is 0 Å². The molecule has 0 saturated carbocycles. The third kappa shape index (κ3) is 6.05. The van der Waals surface area contributed by atoms with Gasteiger partial charge in [-0.1, -0.05) is 0 Å². The maximum absolute atomic E-state index is 12.7. The number of hydrogen-bond donors (Lipinski definition) is 1. The lowest BCUT2D eigenvalue weighted by Crippen LogP contribution is -2.22. The fourth-order valence-electron chi connectivity index (χ4n) is 0.982. The van der Waals surface area contributed by atoms with E-state index >= 15 is 0 Å². The quantitative estimate of drug-likeness (QED) is 0.810. The lowest BCUT2D eigenvalue weighted by molar-refractivity contribution is 0.201. The molecule has 1 unspecified atom stereocenters. The van der Waals surface area contributed by atoms with Crippen LogP contribution < -0.4 is 10.5 Å². The number of alkyl halides is 1. The van der Waals surface area contributed by atoms with Crippen molar-refractivity contribution in [2.75, 3.05) is 19.4 Å². The molecular weight excluding hydrogens is 241 g/mol. The van der Waals surface area contributed by atoms with E-state index in [1.165, 1.54) is 0 Å². The van der Waals surface area contributed by atoms with E-state index in [0.29, 0.717) is 5.75 Å². The van der Waals surface area contributed by atoms with E-state index in [9.17, 15) is 8.60 Å². The number of benzene rings is 1. The van der Waals surface area contributed by atoms with Crippen molar-refractivity contribution in [1.82, 2.24) is 0 Å². The van der Waals surface area contributed by atoms with Crippen molar-refractivity contribution in [3.8, 4) is 18.6 Å². The third-order valence-corrected chi connectivity index (χ3v) is 2.78. The van der Waals surface area contributed by atoms with E-state index in [4.69, 9.17) is 10.5 Å². The van der Waals surface area contributed by atoms with Crippen LogP contribution in [0, 0.1) is 12.8 Å². The number of terminal acetylenes is 1. The Morgan fingerprint density at radius 3 is 2.35 bits per heavy atom. The van der Waals surface area contributed by atoms with Crippen molar-refractivity contribution >= 4 is 10.8 Å². The maximum atomic E-state index is 12.7. The summed E-state index contributed by atoms with van der Waals surface area (Å²) in [5.41, 5.74) is 5.10. The molecule has 0 aromatic heterocycles. The van der Waals surface area contributed by atoms with Crippen molar-refractivity contribution in [3.63, 3.8) is 0 Å². The van der Waals surface area contributed by atoms with Gasteiger partial charge in [0.25, 0.3) is 0 Å². The van der Waals surface area contributed by atoms with Crippen LogP contribution in [-0.4, -0.2) is 29.8 Å². The summed E-state index contributed by atoms with van der Waals surface area (Å²) >= 11 is 0. The summed E-state index contributed by atoms with van der Waals surface area (Å²) in [6.07, 6.45) is 8.45. The zero-order valence-electron chi connectivity index (χ0n) is 9.64. The van der Waals surface area contributed by atoms with Gasteiger partial charge < -0.3 is 10.5 Å². The van der Waals surface area contributed by atoms with Crippen molar-refractivity contribution < 1.29 is 13.3 Å². The second-order valence-electron chi connectivity index (χ2n) is 3.07. The molecule has 0 fully saturated rings. The van der Waals surface area contributed by atoms with Gasteiger partial charge in [0.15, 0.2) is 0 Å².